The van der Waals surface area contributed by atoms with Crippen molar-refractivity contribution >= 4 is 34.5 Å². The molecule has 8 nitrogen and oxygen atoms in total. The Hall–Kier alpha value is -3.81. The number of aromatic amines is 1. The van der Waals surface area contributed by atoms with Crippen LogP contribution < -0.4 is 16.4 Å². The average Bonchev–Trinajstić information content (AvgIpc) is 3.11. The number of hydrogen-bond acceptors (Lipinski definition) is 4. The first-order valence-electron chi connectivity index (χ1n) is 9.17. The van der Waals surface area contributed by atoms with Crippen LogP contribution in [0.5, 0.6) is 0 Å². The van der Waals surface area contributed by atoms with Crippen molar-refractivity contribution in [1.29, 1.82) is 0 Å². The molecule has 1 unspecified atom stereocenters. The number of nitrogens with two attached hydrogens (primary N) is 1. The quantitative estimate of drug-likeness (QED) is 0.491. The number of hydrogen-bond donors (Lipinski definition) is 4. The summed E-state index contributed by atoms with van der Waals surface area (Å²) < 4.78 is 4.93. The minimum absolute atomic E-state index is 0.178. The molecule has 0 aliphatic rings. The summed E-state index contributed by atoms with van der Waals surface area (Å²) in [6.45, 7) is 1.86. The predicted molar refractivity (Wildman–Crippen MR) is 110 cm³/mol. The van der Waals surface area contributed by atoms with Crippen LogP contribution in [-0.4, -0.2) is 35.5 Å². The normalized spacial score (nSPS) is 11.6. The van der Waals surface area contributed by atoms with Gasteiger partial charge in [0.25, 0.3) is 5.91 Å². The number of ether oxygens (including phenoxy) is 1. The smallest absolute Gasteiger partial charge is 0.407 e. The molecule has 1 atom stereocenters. The number of nitrogens with one attached hydrogen (secondary N) is 3. The lowest BCUT2D eigenvalue weighted by molar-refractivity contribution is -0.118. The lowest BCUT2D eigenvalue weighted by atomic mass is 10.0. The van der Waals surface area contributed by atoms with Crippen LogP contribution >= 0.6 is 0 Å². The largest absolute Gasteiger partial charge is 0.450 e. The van der Waals surface area contributed by atoms with Gasteiger partial charge in [0, 0.05) is 23.5 Å². The van der Waals surface area contributed by atoms with Gasteiger partial charge in [-0.05, 0) is 30.7 Å². The van der Waals surface area contributed by atoms with E-state index in [2.05, 4.69) is 15.6 Å². The molecular weight excluding hydrogens is 372 g/mol. The summed E-state index contributed by atoms with van der Waals surface area (Å²) in [5.74, 6) is -1.15. The maximum Gasteiger partial charge on any atom is 0.407 e. The molecule has 0 bridgehead atoms. The Kier molecular flexibility index (Phi) is 6.13. The lowest BCUT2D eigenvalue weighted by Crippen LogP contribution is -2.45. The first-order valence-corrected chi connectivity index (χ1v) is 9.17. The van der Waals surface area contributed by atoms with E-state index in [4.69, 9.17) is 10.5 Å². The van der Waals surface area contributed by atoms with Gasteiger partial charge in [-0.3, -0.25) is 9.59 Å². The van der Waals surface area contributed by atoms with Crippen LogP contribution in [0.1, 0.15) is 22.8 Å². The van der Waals surface area contributed by atoms with Crippen molar-refractivity contribution in [2.75, 3.05) is 11.9 Å². The van der Waals surface area contributed by atoms with Crippen molar-refractivity contribution in [1.82, 2.24) is 10.3 Å². The number of carbonyl (C=O) groups is 3. The Morgan fingerprint density at radius 3 is 2.59 bits per heavy atom. The van der Waals surface area contributed by atoms with Gasteiger partial charge in [0.1, 0.15) is 6.04 Å². The number of amides is 3. The molecule has 2 aromatic carbocycles. The van der Waals surface area contributed by atoms with Gasteiger partial charge in [-0.2, -0.15) is 0 Å². The molecule has 1 aromatic heterocycles. The number of fused-ring (bicyclic) bond motifs is 1. The number of carbonyl (C=O) groups excluding carboxylic acids is 3. The summed E-state index contributed by atoms with van der Waals surface area (Å²) in [4.78, 5) is 39.7. The van der Waals surface area contributed by atoms with Crippen LogP contribution in [0.25, 0.3) is 10.9 Å². The number of alkyl carbamates (subject to hydrolysis) is 1. The number of H-pyrrole nitrogens is 1. The number of benzene rings is 2. The van der Waals surface area contributed by atoms with E-state index in [1.807, 2.05) is 24.3 Å². The van der Waals surface area contributed by atoms with Crippen molar-refractivity contribution in [3.63, 3.8) is 0 Å². The van der Waals surface area contributed by atoms with Crippen molar-refractivity contribution in [3.8, 4) is 0 Å². The highest BCUT2D eigenvalue weighted by Crippen LogP contribution is 2.20. The number of anilines is 1. The third-order valence-corrected chi connectivity index (χ3v) is 4.43. The Bertz CT molecular complexity index is 1040. The van der Waals surface area contributed by atoms with E-state index in [1.165, 1.54) is 6.07 Å². The number of primary amides is 1. The minimum Gasteiger partial charge on any atom is -0.450 e. The molecule has 0 fully saturated rings. The second-order valence-corrected chi connectivity index (χ2v) is 6.38. The minimum atomic E-state index is -0.922. The van der Waals surface area contributed by atoms with E-state index in [0.717, 1.165) is 16.5 Å². The first-order chi connectivity index (χ1) is 14.0. The monoisotopic (exact) mass is 394 g/mol. The van der Waals surface area contributed by atoms with Crippen LogP contribution in [0, 0.1) is 0 Å². The molecule has 0 radical (unpaired) electrons. The van der Waals surface area contributed by atoms with Crippen LogP contribution in [0.15, 0.2) is 54.7 Å². The van der Waals surface area contributed by atoms with E-state index in [0.29, 0.717) is 0 Å². The molecule has 0 saturated heterocycles. The first kappa shape index (κ1) is 19.9. The Morgan fingerprint density at radius 1 is 1.10 bits per heavy atom. The highest BCUT2D eigenvalue weighted by atomic mass is 16.5. The third kappa shape index (κ3) is 4.73. The zero-order valence-corrected chi connectivity index (χ0v) is 15.9. The lowest BCUT2D eigenvalue weighted by Gasteiger charge is -2.19. The topological polar surface area (TPSA) is 126 Å². The summed E-state index contributed by atoms with van der Waals surface area (Å²) in [6.07, 6.45) is 1.33. The van der Waals surface area contributed by atoms with Crippen molar-refractivity contribution in [2.24, 2.45) is 5.73 Å². The number of para-hydroxylation sites is 2. The maximum absolute atomic E-state index is 12.9. The van der Waals surface area contributed by atoms with E-state index >= 15 is 0 Å². The predicted octanol–water partition coefficient (Wildman–Crippen LogP) is 2.56. The van der Waals surface area contributed by atoms with Crippen molar-refractivity contribution < 1.29 is 19.1 Å². The fourth-order valence-electron chi connectivity index (χ4n) is 3.07. The van der Waals surface area contributed by atoms with Gasteiger partial charge in [-0.1, -0.05) is 30.3 Å². The molecule has 3 aromatic rings. The average molecular weight is 394 g/mol. The van der Waals surface area contributed by atoms with Gasteiger partial charge in [-0.25, -0.2) is 4.79 Å². The van der Waals surface area contributed by atoms with Crippen LogP contribution in [0.2, 0.25) is 0 Å². The standard InChI is InChI=1S/C21H22N4O4/c1-2-29-21(28)25-18(11-13-12-23-16-9-5-3-7-14(13)16)20(27)24-17-10-6-4-8-15(17)19(22)26/h3-10,12,18,23H,2,11H2,1H3,(H2,22,26)(H,24,27)(H,25,28). The molecule has 1 heterocycles. The summed E-state index contributed by atoms with van der Waals surface area (Å²) >= 11 is 0. The summed E-state index contributed by atoms with van der Waals surface area (Å²) in [6, 6.07) is 13.2. The molecule has 0 spiro atoms. The zero-order chi connectivity index (χ0) is 20.8. The summed E-state index contributed by atoms with van der Waals surface area (Å²) in [7, 11) is 0. The van der Waals surface area contributed by atoms with E-state index in [-0.39, 0.29) is 24.3 Å². The summed E-state index contributed by atoms with van der Waals surface area (Å²) in [5.41, 5.74) is 7.62. The Balaban J connectivity index is 1.86. The zero-order valence-electron chi connectivity index (χ0n) is 15.9. The fraction of sp³-hybridized carbons (Fsp3) is 0.190. The van der Waals surface area contributed by atoms with E-state index in [9.17, 15) is 14.4 Å². The van der Waals surface area contributed by atoms with E-state index < -0.39 is 23.9 Å². The number of aromatic nitrogens is 1. The second kappa shape index (κ2) is 8.92. The molecule has 29 heavy (non-hydrogen) atoms. The SMILES string of the molecule is CCOC(=O)NC(Cc1c[nH]c2ccccc12)C(=O)Nc1ccccc1C(N)=O. The van der Waals surface area contributed by atoms with Crippen molar-refractivity contribution in [2.45, 2.75) is 19.4 Å². The second-order valence-electron chi connectivity index (χ2n) is 6.38. The van der Waals surface area contributed by atoms with Gasteiger partial charge in [0.2, 0.25) is 5.91 Å². The van der Waals surface area contributed by atoms with Crippen molar-refractivity contribution in [3.05, 3.63) is 65.9 Å². The Labute approximate surface area is 167 Å². The maximum atomic E-state index is 12.9. The third-order valence-electron chi connectivity index (χ3n) is 4.43. The highest BCUT2D eigenvalue weighted by Gasteiger charge is 2.24. The van der Waals surface area contributed by atoms with Crippen LogP contribution in [0.4, 0.5) is 10.5 Å². The van der Waals surface area contributed by atoms with Crippen LogP contribution in [-0.2, 0) is 16.0 Å². The molecule has 8 heteroatoms. The van der Waals surface area contributed by atoms with E-state index in [1.54, 1.807) is 31.3 Å². The molecule has 0 aliphatic carbocycles. The molecule has 3 amide bonds. The Morgan fingerprint density at radius 2 is 1.83 bits per heavy atom. The fourth-order valence-corrected chi connectivity index (χ4v) is 3.07. The molecule has 150 valence electrons. The summed E-state index contributed by atoms with van der Waals surface area (Å²) in [5, 5.41) is 6.22. The molecule has 5 N–H and O–H groups in total. The van der Waals surface area contributed by atoms with Gasteiger partial charge in [-0.15, -0.1) is 0 Å². The molecule has 0 saturated carbocycles. The van der Waals surface area contributed by atoms with Gasteiger partial charge in [0.15, 0.2) is 0 Å². The van der Waals surface area contributed by atoms with Crippen LogP contribution in [0.3, 0.4) is 0 Å². The molecule has 3 rings (SSSR count). The highest BCUT2D eigenvalue weighted by molar-refractivity contribution is 6.04. The van der Waals surface area contributed by atoms with Gasteiger partial charge >= 0.3 is 6.09 Å². The molecular formula is C21H22N4O4. The van der Waals surface area contributed by atoms with Gasteiger partial charge in [0.05, 0.1) is 17.9 Å². The molecule has 0 aliphatic heterocycles. The van der Waals surface area contributed by atoms with Gasteiger partial charge < -0.3 is 26.1 Å². The number of rotatable bonds is 7.